The number of amides is 1. The average Bonchev–Trinajstić information content (AvgIpc) is 3.63. The van der Waals surface area contributed by atoms with Crippen LogP contribution >= 0.6 is 11.6 Å². The van der Waals surface area contributed by atoms with Gasteiger partial charge in [-0.05, 0) is 86.5 Å². The first-order valence-corrected chi connectivity index (χ1v) is 13.1. The van der Waals surface area contributed by atoms with Gasteiger partial charge in [0.1, 0.15) is 12.0 Å². The second kappa shape index (κ2) is 9.36. The van der Waals surface area contributed by atoms with E-state index in [-0.39, 0.29) is 24.3 Å². The summed E-state index contributed by atoms with van der Waals surface area (Å²) < 4.78 is 19.9. The lowest BCUT2D eigenvalue weighted by Gasteiger charge is -2.43. The van der Waals surface area contributed by atoms with Crippen molar-refractivity contribution in [3.8, 4) is 0 Å². The second-order valence-electron chi connectivity index (χ2n) is 10.6. The highest BCUT2D eigenvalue weighted by atomic mass is 35.5. The predicted octanol–water partition coefficient (Wildman–Crippen LogP) is 5.33. The standard InChI is InChI=1S/C28H30ClFN4O2/c1-28(16-36-15-25(28)30)34-8-5-17(6-9-34)20-10-18-12-26(32-14-19(18)11-23(20)29)33-27(35)22-13-21(22)24-4-2-3-7-31-24/h2-4,7,10-12,14,17,21-22,25H,5-6,8-9,13,15-16H2,1H3,(H,32,33,35)/t21-,22-,25+,28-/m1/s1. The van der Waals surface area contributed by atoms with Crippen LogP contribution in [0.15, 0.2) is 48.8 Å². The molecule has 0 bridgehead atoms. The highest BCUT2D eigenvalue weighted by Gasteiger charge is 2.46. The number of aromatic nitrogens is 2. The quantitative estimate of drug-likeness (QED) is 0.504. The molecule has 3 aromatic rings. The molecular formula is C28H30ClFN4O2. The van der Waals surface area contributed by atoms with Crippen molar-refractivity contribution in [2.24, 2.45) is 5.92 Å². The minimum Gasteiger partial charge on any atom is -0.376 e. The van der Waals surface area contributed by atoms with E-state index in [2.05, 4.69) is 26.3 Å². The summed E-state index contributed by atoms with van der Waals surface area (Å²) in [5.74, 6) is 0.937. The van der Waals surface area contributed by atoms with Gasteiger partial charge in [0.2, 0.25) is 5.91 Å². The number of fused-ring (bicyclic) bond motifs is 1. The summed E-state index contributed by atoms with van der Waals surface area (Å²) in [6, 6.07) is 11.8. The number of carbonyl (C=O) groups excluding carboxylic acids is 1. The number of likely N-dealkylation sites (tertiary alicyclic amines) is 1. The van der Waals surface area contributed by atoms with Gasteiger partial charge in [-0.25, -0.2) is 9.37 Å². The van der Waals surface area contributed by atoms with Crippen LogP contribution in [0.2, 0.25) is 5.02 Å². The van der Waals surface area contributed by atoms with E-state index in [0.29, 0.717) is 18.3 Å². The van der Waals surface area contributed by atoms with Crippen LogP contribution in [-0.2, 0) is 9.53 Å². The predicted molar refractivity (Wildman–Crippen MR) is 138 cm³/mol. The fourth-order valence-corrected chi connectivity index (χ4v) is 6.15. The van der Waals surface area contributed by atoms with Gasteiger partial charge in [0.05, 0.1) is 18.8 Å². The van der Waals surface area contributed by atoms with Crippen LogP contribution in [0.5, 0.6) is 0 Å². The fourth-order valence-electron chi connectivity index (χ4n) is 5.82. The van der Waals surface area contributed by atoms with E-state index in [1.54, 1.807) is 12.4 Å². The maximum Gasteiger partial charge on any atom is 0.229 e. The molecule has 1 N–H and O–H groups in total. The van der Waals surface area contributed by atoms with Crippen molar-refractivity contribution in [2.45, 2.75) is 49.7 Å². The van der Waals surface area contributed by atoms with E-state index in [0.717, 1.165) is 59.4 Å². The molecule has 6 nitrogen and oxygen atoms in total. The Kier molecular flexibility index (Phi) is 6.18. The normalized spacial score (nSPS) is 28.9. The Morgan fingerprint density at radius 1 is 1.19 bits per heavy atom. The molecule has 1 amide bonds. The second-order valence-corrected chi connectivity index (χ2v) is 11.0. The van der Waals surface area contributed by atoms with Crippen molar-refractivity contribution in [2.75, 3.05) is 31.6 Å². The number of halogens is 2. The van der Waals surface area contributed by atoms with E-state index >= 15 is 0 Å². The van der Waals surface area contributed by atoms with Gasteiger partial charge in [0.25, 0.3) is 0 Å². The Morgan fingerprint density at radius 2 is 2.03 bits per heavy atom. The highest BCUT2D eigenvalue weighted by Crippen LogP contribution is 2.47. The molecule has 3 aliphatic rings. The maximum atomic E-state index is 14.5. The number of alkyl halides is 1. The van der Waals surface area contributed by atoms with Crippen LogP contribution in [0.25, 0.3) is 10.8 Å². The number of carbonyl (C=O) groups is 1. The van der Waals surface area contributed by atoms with E-state index < -0.39 is 11.7 Å². The van der Waals surface area contributed by atoms with Crippen LogP contribution in [0, 0.1) is 5.92 Å². The minimum absolute atomic E-state index is 0.0189. The number of rotatable bonds is 5. The first-order valence-electron chi connectivity index (χ1n) is 12.7. The summed E-state index contributed by atoms with van der Waals surface area (Å²) in [5.41, 5.74) is 1.54. The Balaban J connectivity index is 1.15. The number of anilines is 1. The molecule has 1 saturated carbocycles. The van der Waals surface area contributed by atoms with Crippen molar-refractivity contribution < 1.29 is 13.9 Å². The molecule has 2 aliphatic heterocycles. The van der Waals surface area contributed by atoms with Crippen molar-refractivity contribution in [3.05, 3.63) is 65.1 Å². The van der Waals surface area contributed by atoms with Crippen molar-refractivity contribution in [1.29, 1.82) is 0 Å². The van der Waals surface area contributed by atoms with Crippen molar-refractivity contribution in [1.82, 2.24) is 14.9 Å². The monoisotopic (exact) mass is 508 g/mol. The van der Waals surface area contributed by atoms with Gasteiger partial charge < -0.3 is 10.1 Å². The number of ether oxygens (including phenoxy) is 1. The average molecular weight is 509 g/mol. The third-order valence-corrected chi connectivity index (χ3v) is 8.60. The zero-order valence-corrected chi connectivity index (χ0v) is 21.0. The molecule has 2 saturated heterocycles. The number of piperidine rings is 1. The van der Waals surface area contributed by atoms with E-state index in [4.69, 9.17) is 16.3 Å². The van der Waals surface area contributed by atoms with Crippen LogP contribution < -0.4 is 5.32 Å². The summed E-state index contributed by atoms with van der Waals surface area (Å²) in [5, 5.41) is 5.66. The number of nitrogens with zero attached hydrogens (tertiary/aromatic N) is 3. The smallest absolute Gasteiger partial charge is 0.229 e. The molecule has 0 unspecified atom stereocenters. The summed E-state index contributed by atoms with van der Waals surface area (Å²) in [6.07, 6.45) is 5.21. The van der Waals surface area contributed by atoms with Crippen molar-refractivity contribution in [3.63, 3.8) is 0 Å². The topological polar surface area (TPSA) is 67.4 Å². The molecule has 8 heteroatoms. The number of hydrogen-bond donors (Lipinski definition) is 1. The number of pyridine rings is 2. The van der Waals surface area contributed by atoms with E-state index in [1.165, 1.54) is 0 Å². The van der Waals surface area contributed by atoms with Gasteiger partial charge in [0, 0.05) is 40.3 Å². The third-order valence-electron chi connectivity index (χ3n) is 8.27. The molecule has 3 fully saturated rings. The summed E-state index contributed by atoms with van der Waals surface area (Å²) in [6.45, 7) is 4.23. The fraction of sp³-hybridized carbons (Fsp3) is 0.464. The summed E-state index contributed by atoms with van der Waals surface area (Å²) >= 11 is 6.70. The van der Waals surface area contributed by atoms with Gasteiger partial charge in [-0.3, -0.25) is 14.7 Å². The first kappa shape index (κ1) is 23.8. The molecule has 188 valence electrons. The molecule has 36 heavy (non-hydrogen) atoms. The zero-order chi connectivity index (χ0) is 24.9. The Morgan fingerprint density at radius 3 is 2.75 bits per heavy atom. The maximum absolute atomic E-state index is 14.5. The molecule has 0 radical (unpaired) electrons. The summed E-state index contributed by atoms with van der Waals surface area (Å²) in [4.78, 5) is 23.9. The van der Waals surface area contributed by atoms with Crippen LogP contribution in [0.1, 0.15) is 49.3 Å². The molecule has 2 aromatic heterocycles. The van der Waals surface area contributed by atoms with Gasteiger partial charge in [-0.15, -0.1) is 0 Å². The Bertz CT molecular complexity index is 1280. The summed E-state index contributed by atoms with van der Waals surface area (Å²) in [7, 11) is 0. The SMILES string of the molecule is C[C@@]1(N2CCC(c3cc4cc(NC(=O)[C@@H]5C[C@H]5c5ccccn5)ncc4cc3Cl)CC2)COC[C@@H]1F. The molecular weight excluding hydrogens is 479 g/mol. The Labute approximate surface area is 215 Å². The first-order chi connectivity index (χ1) is 17.4. The lowest BCUT2D eigenvalue weighted by molar-refractivity contribution is -0.117. The lowest BCUT2D eigenvalue weighted by atomic mass is 9.85. The Hall–Kier alpha value is -2.61. The van der Waals surface area contributed by atoms with Crippen molar-refractivity contribution >= 4 is 34.1 Å². The lowest BCUT2D eigenvalue weighted by Crippen LogP contribution is -2.55. The molecule has 0 spiro atoms. The van der Waals surface area contributed by atoms with Crippen LogP contribution in [0.3, 0.4) is 0 Å². The number of hydrogen-bond acceptors (Lipinski definition) is 5. The van der Waals surface area contributed by atoms with Gasteiger partial charge >= 0.3 is 0 Å². The van der Waals surface area contributed by atoms with E-state index in [1.807, 2.05) is 37.3 Å². The number of benzene rings is 1. The molecule has 4 heterocycles. The van der Waals surface area contributed by atoms with Gasteiger partial charge in [-0.1, -0.05) is 17.7 Å². The zero-order valence-electron chi connectivity index (χ0n) is 20.3. The van der Waals surface area contributed by atoms with Crippen LogP contribution in [-0.4, -0.2) is 58.8 Å². The van der Waals surface area contributed by atoms with Gasteiger partial charge in [-0.2, -0.15) is 0 Å². The molecule has 6 rings (SSSR count). The highest BCUT2D eigenvalue weighted by molar-refractivity contribution is 6.32. The largest absolute Gasteiger partial charge is 0.376 e. The third kappa shape index (κ3) is 4.38. The molecule has 1 aliphatic carbocycles. The molecule has 1 aromatic carbocycles. The minimum atomic E-state index is -0.950. The molecule has 4 atom stereocenters. The van der Waals surface area contributed by atoms with Gasteiger partial charge in [0.15, 0.2) is 0 Å². The van der Waals surface area contributed by atoms with E-state index in [9.17, 15) is 9.18 Å². The number of nitrogens with one attached hydrogen (secondary N) is 1. The van der Waals surface area contributed by atoms with Crippen LogP contribution in [0.4, 0.5) is 10.2 Å².